The van der Waals surface area contributed by atoms with Crippen LogP contribution in [0.1, 0.15) is 26.2 Å². The molecule has 1 saturated carbocycles. The first-order valence-corrected chi connectivity index (χ1v) is 3.35. The number of hydrogen-bond donors (Lipinski definition) is 0. The Kier molecular flexibility index (Phi) is 1.69. The van der Waals surface area contributed by atoms with Crippen LogP contribution in [0.15, 0.2) is 0 Å². The van der Waals surface area contributed by atoms with Crippen LogP contribution in [0.25, 0.3) is 0 Å². The number of rotatable bonds is 1. The maximum Gasteiger partial charge on any atom is 0.215 e. The second kappa shape index (κ2) is 2.33. The molecule has 0 aromatic carbocycles. The van der Waals surface area contributed by atoms with E-state index < -0.39 is 0 Å². The van der Waals surface area contributed by atoms with Crippen LogP contribution in [-0.4, -0.2) is 11.0 Å². The van der Waals surface area contributed by atoms with Crippen LogP contribution in [0.2, 0.25) is 0 Å². The summed E-state index contributed by atoms with van der Waals surface area (Å²) < 4.78 is 0. The first-order chi connectivity index (χ1) is 4.22. The SMILES string of the molecule is CC1CCCC1[N+](=O)[O-]. The van der Waals surface area contributed by atoms with Crippen molar-refractivity contribution < 1.29 is 4.92 Å². The van der Waals surface area contributed by atoms with Gasteiger partial charge in [-0.2, -0.15) is 0 Å². The zero-order valence-corrected chi connectivity index (χ0v) is 5.54. The van der Waals surface area contributed by atoms with E-state index in [9.17, 15) is 10.1 Å². The molecule has 0 N–H and O–H groups in total. The third kappa shape index (κ3) is 1.20. The van der Waals surface area contributed by atoms with E-state index in [0.29, 0.717) is 5.92 Å². The summed E-state index contributed by atoms with van der Waals surface area (Å²) in [6.45, 7) is 1.96. The highest BCUT2D eigenvalue weighted by molar-refractivity contribution is 4.72. The quantitative estimate of drug-likeness (QED) is 0.397. The van der Waals surface area contributed by atoms with Crippen LogP contribution in [0.5, 0.6) is 0 Å². The van der Waals surface area contributed by atoms with E-state index in [4.69, 9.17) is 0 Å². The van der Waals surface area contributed by atoms with E-state index in [1.807, 2.05) is 6.92 Å². The summed E-state index contributed by atoms with van der Waals surface area (Å²) in [7, 11) is 0. The van der Waals surface area contributed by atoms with Crippen LogP contribution >= 0.6 is 0 Å². The van der Waals surface area contributed by atoms with Crippen LogP contribution in [-0.2, 0) is 0 Å². The molecule has 0 heterocycles. The van der Waals surface area contributed by atoms with Gasteiger partial charge in [-0.3, -0.25) is 10.1 Å². The van der Waals surface area contributed by atoms with E-state index in [-0.39, 0.29) is 11.0 Å². The summed E-state index contributed by atoms with van der Waals surface area (Å²) in [6, 6.07) is -0.245. The van der Waals surface area contributed by atoms with Crippen molar-refractivity contribution in [2.75, 3.05) is 0 Å². The zero-order chi connectivity index (χ0) is 6.85. The summed E-state index contributed by atoms with van der Waals surface area (Å²) in [5, 5.41) is 10.2. The van der Waals surface area contributed by atoms with Crippen molar-refractivity contribution in [2.45, 2.75) is 32.2 Å². The second-order valence-electron chi connectivity index (χ2n) is 2.76. The van der Waals surface area contributed by atoms with Gasteiger partial charge < -0.3 is 0 Å². The third-order valence-corrected chi connectivity index (χ3v) is 2.09. The van der Waals surface area contributed by atoms with Gasteiger partial charge in [-0.15, -0.1) is 0 Å². The topological polar surface area (TPSA) is 43.1 Å². The molecule has 1 aliphatic rings. The maximum atomic E-state index is 10.2. The summed E-state index contributed by atoms with van der Waals surface area (Å²) in [6.07, 6.45) is 2.85. The average Bonchev–Trinajstić information content (AvgIpc) is 2.13. The predicted octanol–water partition coefficient (Wildman–Crippen LogP) is 1.45. The summed E-state index contributed by atoms with van der Waals surface area (Å²) in [5.74, 6) is 0.306. The van der Waals surface area contributed by atoms with Crippen molar-refractivity contribution in [3.63, 3.8) is 0 Å². The van der Waals surface area contributed by atoms with Crippen LogP contribution in [0, 0.1) is 16.0 Å². The molecule has 1 aliphatic carbocycles. The van der Waals surface area contributed by atoms with Gasteiger partial charge >= 0.3 is 0 Å². The fourth-order valence-corrected chi connectivity index (χ4v) is 1.44. The monoisotopic (exact) mass is 129 g/mol. The molecule has 1 rings (SSSR count). The number of nitro groups is 1. The Morgan fingerprint density at radius 3 is 2.44 bits per heavy atom. The van der Waals surface area contributed by atoms with Gasteiger partial charge in [0, 0.05) is 17.3 Å². The van der Waals surface area contributed by atoms with E-state index in [2.05, 4.69) is 0 Å². The molecule has 52 valence electrons. The average molecular weight is 129 g/mol. The third-order valence-electron chi connectivity index (χ3n) is 2.09. The van der Waals surface area contributed by atoms with Crippen molar-refractivity contribution in [3.8, 4) is 0 Å². The van der Waals surface area contributed by atoms with Gasteiger partial charge in [-0.25, -0.2) is 0 Å². The number of nitrogens with zero attached hydrogens (tertiary/aromatic N) is 1. The Morgan fingerprint density at radius 1 is 1.56 bits per heavy atom. The van der Waals surface area contributed by atoms with Crippen LogP contribution < -0.4 is 0 Å². The van der Waals surface area contributed by atoms with Crippen molar-refractivity contribution in [1.29, 1.82) is 0 Å². The highest BCUT2D eigenvalue weighted by Crippen LogP contribution is 2.26. The van der Waals surface area contributed by atoms with Gasteiger partial charge in [0.1, 0.15) is 0 Å². The Hall–Kier alpha value is -0.600. The van der Waals surface area contributed by atoms with Crippen LogP contribution in [0.4, 0.5) is 0 Å². The lowest BCUT2D eigenvalue weighted by molar-refractivity contribution is -0.527. The first kappa shape index (κ1) is 6.52. The van der Waals surface area contributed by atoms with Crippen molar-refractivity contribution in [3.05, 3.63) is 10.1 Å². The minimum atomic E-state index is -0.245. The zero-order valence-electron chi connectivity index (χ0n) is 5.54. The molecule has 3 nitrogen and oxygen atoms in total. The highest BCUT2D eigenvalue weighted by atomic mass is 16.6. The van der Waals surface area contributed by atoms with E-state index in [1.54, 1.807) is 0 Å². The Labute approximate surface area is 54.2 Å². The van der Waals surface area contributed by atoms with Gasteiger partial charge in [0.2, 0.25) is 6.04 Å². The Morgan fingerprint density at radius 2 is 2.22 bits per heavy atom. The molecule has 1 fully saturated rings. The van der Waals surface area contributed by atoms with Crippen molar-refractivity contribution in [2.24, 2.45) is 5.92 Å². The highest BCUT2D eigenvalue weighted by Gasteiger charge is 2.32. The van der Waals surface area contributed by atoms with Gasteiger partial charge in [0.15, 0.2) is 0 Å². The van der Waals surface area contributed by atoms with E-state index in [1.165, 1.54) is 0 Å². The molecular weight excluding hydrogens is 118 g/mol. The molecule has 9 heavy (non-hydrogen) atoms. The van der Waals surface area contributed by atoms with Crippen LogP contribution in [0.3, 0.4) is 0 Å². The minimum absolute atomic E-state index is 0.141. The fourth-order valence-electron chi connectivity index (χ4n) is 1.44. The fraction of sp³-hybridized carbons (Fsp3) is 1.00. The summed E-state index contributed by atoms with van der Waals surface area (Å²) in [5.41, 5.74) is 0. The first-order valence-electron chi connectivity index (χ1n) is 3.35. The van der Waals surface area contributed by atoms with Gasteiger partial charge in [0.05, 0.1) is 0 Å². The predicted molar refractivity (Wildman–Crippen MR) is 33.8 cm³/mol. The van der Waals surface area contributed by atoms with Gasteiger partial charge in [0.25, 0.3) is 0 Å². The summed E-state index contributed by atoms with van der Waals surface area (Å²) in [4.78, 5) is 10.1. The Bertz CT molecular complexity index is 124. The molecule has 2 unspecified atom stereocenters. The molecule has 0 aromatic heterocycles. The normalized spacial score (nSPS) is 34.8. The lowest BCUT2D eigenvalue weighted by Crippen LogP contribution is -2.21. The van der Waals surface area contributed by atoms with E-state index in [0.717, 1.165) is 19.3 Å². The molecular formula is C6H11NO2. The largest absolute Gasteiger partial charge is 0.264 e. The van der Waals surface area contributed by atoms with E-state index >= 15 is 0 Å². The smallest absolute Gasteiger partial charge is 0.215 e. The molecule has 0 amide bonds. The molecule has 0 saturated heterocycles. The summed E-state index contributed by atoms with van der Waals surface area (Å²) >= 11 is 0. The van der Waals surface area contributed by atoms with Gasteiger partial charge in [-0.1, -0.05) is 6.92 Å². The number of hydrogen-bond acceptors (Lipinski definition) is 2. The molecule has 2 atom stereocenters. The minimum Gasteiger partial charge on any atom is -0.264 e. The molecule has 3 heteroatoms. The molecule has 0 aliphatic heterocycles. The maximum absolute atomic E-state index is 10.2. The molecule has 0 radical (unpaired) electrons. The lowest BCUT2D eigenvalue weighted by atomic mass is 10.1. The molecule has 0 spiro atoms. The van der Waals surface area contributed by atoms with Crippen molar-refractivity contribution >= 4 is 0 Å². The van der Waals surface area contributed by atoms with Crippen molar-refractivity contribution in [1.82, 2.24) is 0 Å². The molecule has 0 aromatic rings. The molecule has 0 bridgehead atoms. The second-order valence-corrected chi connectivity index (χ2v) is 2.76. The lowest BCUT2D eigenvalue weighted by Gasteiger charge is -2.04. The standard InChI is InChI=1S/C6H11NO2/c1-5-3-2-4-6(5)7(8)9/h5-6H,2-4H2,1H3. The Balaban J connectivity index is 2.49. The van der Waals surface area contributed by atoms with Gasteiger partial charge in [-0.05, 0) is 12.8 Å².